The molecule has 3 aliphatic rings. The molecule has 2 aliphatic carbocycles. The molecule has 1 saturated heterocycles. The SMILES string of the molecule is CN=C(NCC1(C)CC1)N1CCN(C2CC2)C(=O)C1. The molecule has 0 aromatic carbocycles. The van der Waals surface area contributed by atoms with Crippen LogP contribution in [0.4, 0.5) is 0 Å². The van der Waals surface area contributed by atoms with E-state index >= 15 is 0 Å². The Hall–Kier alpha value is -1.26. The molecule has 106 valence electrons. The van der Waals surface area contributed by atoms with Gasteiger partial charge >= 0.3 is 0 Å². The summed E-state index contributed by atoms with van der Waals surface area (Å²) < 4.78 is 0. The summed E-state index contributed by atoms with van der Waals surface area (Å²) in [6.45, 7) is 5.49. The minimum atomic E-state index is 0.259. The normalized spacial score (nSPS) is 26.6. The Morgan fingerprint density at radius 2 is 2.16 bits per heavy atom. The van der Waals surface area contributed by atoms with Crippen molar-refractivity contribution in [2.75, 3.05) is 33.2 Å². The van der Waals surface area contributed by atoms with Crippen molar-refractivity contribution in [1.82, 2.24) is 15.1 Å². The van der Waals surface area contributed by atoms with Crippen LogP contribution in [0.25, 0.3) is 0 Å². The monoisotopic (exact) mass is 264 g/mol. The lowest BCUT2D eigenvalue weighted by atomic mass is 10.1. The molecular formula is C14H24N4O. The Morgan fingerprint density at radius 3 is 2.68 bits per heavy atom. The van der Waals surface area contributed by atoms with Gasteiger partial charge in [-0.05, 0) is 31.1 Å². The van der Waals surface area contributed by atoms with Gasteiger partial charge in [-0.2, -0.15) is 0 Å². The first-order chi connectivity index (χ1) is 9.11. The first-order valence-electron chi connectivity index (χ1n) is 7.36. The molecule has 3 rings (SSSR count). The lowest BCUT2D eigenvalue weighted by molar-refractivity contribution is -0.135. The largest absolute Gasteiger partial charge is 0.356 e. The smallest absolute Gasteiger partial charge is 0.242 e. The third-order valence-corrected chi connectivity index (χ3v) is 4.53. The number of guanidine groups is 1. The maximum Gasteiger partial charge on any atom is 0.242 e. The van der Waals surface area contributed by atoms with Crippen molar-refractivity contribution in [3.05, 3.63) is 0 Å². The fraction of sp³-hybridized carbons (Fsp3) is 0.857. The van der Waals surface area contributed by atoms with Gasteiger partial charge in [0.15, 0.2) is 5.96 Å². The van der Waals surface area contributed by atoms with Gasteiger partial charge in [0.25, 0.3) is 0 Å². The fourth-order valence-corrected chi connectivity index (χ4v) is 2.65. The van der Waals surface area contributed by atoms with E-state index in [9.17, 15) is 4.79 Å². The number of hydrogen-bond acceptors (Lipinski definition) is 2. The minimum Gasteiger partial charge on any atom is -0.356 e. The molecular weight excluding hydrogens is 240 g/mol. The Kier molecular flexibility index (Phi) is 3.15. The third-order valence-electron chi connectivity index (χ3n) is 4.53. The van der Waals surface area contributed by atoms with Gasteiger partial charge < -0.3 is 15.1 Å². The molecule has 0 spiro atoms. The van der Waals surface area contributed by atoms with Crippen molar-refractivity contribution >= 4 is 11.9 Å². The van der Waals surface area contributed by atoms with Crippen molar-refractivity contribution in [2.45, 2.75) is 38.6 Å². The van der Waals surface area contributed by atoms with Crippen LogP contribution >= 0.6 is 0 Å². The van der Waals surface area contributed by atoms with Crippen molar-refractivity contribution in [3.8, 4) is 0 Å². The van der Waals surface area contributed by atoms with Crippen LogP contribution in [0.2, 0.25) is 0 Å². The first-order valence-corrected chi connectivity index (χ1v) is 7.36. The molecule has 0 atom stereocenters. The number of carbonyl (C=O) groups is 1. The molecule has 3 fully saturated rings. The summed E-state index contributed by atoms with van der Waals surface area (Å²) in [5.41, 5.74) is 0.454. The van der Waals surface area contributed by atoms with E-state index < -0.39 is 0 Å². The van der Waals surface area contributed by atoms with E-state index in [1.165, 1.54) is 25.7 Å². The molecule has 1 N–H and O–H groups in total. The summed E-state index contributed by atoms with van der Waals surface area (Å²) in [6, 6.07) is 0.537. The second kappa shape index (κ2) is 4.69. The van der Waals surface area contributed by atoms with Crippen LogP contribution < -0.4 is 5.32 Å². The van der Waals surface area contributed by atoms with E-state index in [1.807, 2.05) is 4.90 Å². The number of nitrogens with zero attached hydrogens (tertiary/aromatic N) is 3. The minimum absolute atomic E-state index is 0.259. The molecule has 0 unspecified atom stereocenters. The van der Waals surface area contributed by atoms with E-state index in [1.54, 1.807) is 7.05 Å². The van der Waals surface area contributed by atoms with Gasteiger partial charge in [-0.25, -0.2) is 0 Å². The molecule has 1 aliphatic heterocycles. The van der Waals surface area contributed by atoms with Gasteiger partial charge in [-0.15, -0.1) is 0 Å². The number of carbonyl (C=O) groups excluding carboxylic acids is 1. The summed E-state index contributed by atoms with van der Waals surface area (Å²) in [7, 11) is 1.80. The number of piperazine rings is 1. The summed E-state index contributed by atoms with van der Waals surface area (Å²) in [5.74, 6) is 1.14. The van der Waals surface area contributed by atoms with E-state index in [-0.39, 0.29) is 5.91 Å². The average Bonchev–Trinajstić information content (AvgIpc) is 3.28. The fourth-order valence-electron chi connectivity index (χ4n) is 2.65. The van der Waals surface area contributed by atoms with Crippen LogP contribution in [-0.4, -0.2) is 60.9 Å². The Labute approximate surface area is 115 Å². The van der Waals surface area contributed by atoms with Gasteiger partial charge in [-0.3, -0.25) is 9.79 Å². The van der Waals surface area contributed by atoms with E-state index in [0.717, 1.165) is 25.6 Å². The van der Waals surface area contributed by atoms with Gasteiger partial charge in [0.2, 0.25) is 5.91 Å². The summed E-state index contributed by atoms with van der Waals surface area (Å²) >= 11 is 0. The number of rotatable bonds is 3. The van der Waals surface area contributed by atoms with Gasteiger partial charge in [0.05, 0.1) is 6.54 Å². The zero-order valence-electron chi connectivity index (χ0n) is 12.0. The standard InChI is InChI=1S/C14H24N4O/c1-14(5-6-14)10-16-13(15-2)17-7-8-18(11-3-4-11)12(19)9-17/h11H,3-10H2,1-2H3,(H,15,16). The molecule has 5 heteroatoms. The number of hydrogen-bond donors (Lipinski definition) is 1. The highest BCUT2D eigenvalue weighted by Crippen LogP contribution is 2.44. The summed E-state index contributed by atoms with van der Waals surface area (Å²) in [4.78, 5) is 20.6. The summed E-state index contributed by atoms with van der Waals surface area (Å²) in [5, 5.41) is 3.43. The topological polar surface area (TPSA) is 47.9 Å². The molecule has 0 aromatic heterocycles. The van der Waals surface area contributed by atoms with Crippen molar-refractivity contribution < 1.29 is 4.79 Å². The number of amides is 1. The van der Waals surface area contributed by atoms with Crippen LogP contribution in [0.5, 0.6) is 0 Å². The Bertz CT molecular complexity index is 398. The second-order valence-corrected chi connectivity index (χ2v) is 6.45. The zero-order chi connectivity index (χ0) is 13.5. The lowest BCUT2D eigenvalue weighted by Gasteiger charge is -2.36. The quantitative estimate of drug-likeness (QED) is 0.602. The van der Waals surface area contributed by atoms with Gasteiger partial charge in [0.1, 0.15) is 0 Å². The third kappa shape index (κ3) is 2.85. The van der Waals surface area contributed by atoms with Crippen LogP contribution in [0.3, 0.4) is 0 Å². The molecule has 2 saturated carbocycles. The molecule has 19 heavy (non-hydrogen) atoms. The molecule has 5 nitrogen and oxygen atoms in total. The predicted octanol–water partition coefficient (Wildman–Crippen LogP) is 0.668. The van der Waals surface area contributed by atoms with Crippen molar-refractivity contribution in [3.63, 3.8) is 0 Å². The van der Waals surface area contributed by atoms with E-state index in [4.69, 9.17) is 0 Å². The van der Waals surface area contributed by atoms with Crippen LogP contribution in [0.15, 0.2) is 4.99 Å². The average molecular weight is 264 g/mol. The molecule has 0 aromatic rings. The molecule has 0 radical (unpaired) electrons. The maximum atomic E-state index is 12.1. The van der Waals surface area contributed by atoms with E-state index in [0.29, 0.717) is 18.0 Å². The van der Waals surface area contributed by atoms with Gasteiger partial charge in [0, 0.05) is 32.7 Å². The highest BCUT2D eigenvalue weighted by Gasteiger charge is 2.39. The Balaban J connectivity index is 1.54. The molecule has 1 amide bonds. The van der Waals surface area contributed by atoms with Crippen LogP contribution in [0, 0.1) is 5.41 Å². The predicted molar refractivity (Wildman–Crippen MR) is 75.0 cm³/mol. The van der Waals surface area contributed by atoms with Crippen LogP contribution in [-0.2, 0) is 4.79 Å². The number of aliphatic imine (C=N–C) groups is 1. The highest BCUT2D eigenvalue weighted by atomic mass is 16.2. The van der Waals surface area contributed by atoms with Crippen LogP contribution in [0.1, 0.15) is 32.6 Å². The summed E-state index contributed by atoms with van der Waals surface area (Å²) in [6.07, 6.45) is 4.98. The Morgan fingerprint density at radius 1 is 1.42 bits per heavy atom. The van der Waals surface area contributed by atoms with Gasteiger partial charge in [-0.1, -0.05) is 6.92 Å². The number of nitrogens with one attached hydrogen (secondary N) is 1. The van der Waals surface area contributed by atoms with E-state index in [2.05, 4.69) is 22.1 Å². The van der Waals surface area contributed by atoms with Crippen molar-refractivity contribution in [1.29, 1.82) is 0 Å². The van der Waals surface area contributed by atoms with Crippen molar-refractivity contribution in [2.24, 2.45) is 10.4 Å². The second-order valence-electron chi connectivity index (χ2n) is 6.45. The molecule has 0 bridgehead atoms. The molecule has 1 heterocycles. The first kappa shape index (κ1) is 12.8. The lowest BCUT2D eigenvalue weighted by Crippen LogP contribution is -2.56. The highest BCUT2D eigenvalue weighted by molar-refractivity contribution is 5.88. The zero-order valence-corrected chi connectivity index (χ0v) is 12.0. The maximum absolute atomic E-state index is 12.1.